The molecule has 1 atom stereocenters. The first-order valence-electron chi connectivity index (χ1n) is 8.38. The summed E-state index contributed by atoms with van der Waals surface area (Å²) < 4.78 is 20.2. The van der Waals surface area contributed by atoms with Crippen molar-refractivity contribution in [3.8, 4) is 0 Å². The monoisotopic (exact) mass is 398 g/mol. The minimum absolute atomic E-state index is 0.200. The topological polar surface area (TPSA) is 40.1 Å². The van der Waals surface area contributed by atoms with E-state index in [1.165, 1.54) is 6.07 Å². The van der Waals surface area contributed by atoms with Crippen LogP contribution < -0.4 is 5.32 Å². The van der Waals surface area contributed by atoms with Crippen LogP contribution in [0.2, 0.25) is 0 Å². The molecule has 1 unspecified atom stereocenters. The van der Waals surface area contributed by atoms with E-state index in [1.54, 1.807) is 19.2 Å². The molecule has 2 saturated heterocycles. The number of aliphatic imine (C=N–C) groups is 1. The van der Waals surface area contributed by atoms with Gasteiger partial charge in [-0.2, -0.15) is 0 Å². The van der Waals surface area contributed by atoms with Gasteiger partial charge in [0.1, 0.15) is 5.82 Å². The van der Waals surface area contributed by atoms with Crippen LogP contribution in [0.3, 0.4) is 0 Å². The Labute approximate surface area is 151 Å². The normalized spacial score (nSPS) is 22.9. The second-order valence-electron chi connectivity index (χ2n) is 6.17. The zero-order chi connectivity index (χ0) is 16.9. The molecule has 0 saturated carbocycles. The highest BCUT2D eigenvalue weighted by atomic mass is 79.9. The Kier molecular flexibility index (Phi) is 6.08. The zero-order valence-corrected chi connectivity index (χ0v) is 15.6. The molecule has 5 nitrogen and oxygen atoms in total. The van der Waals surface area contributed by atoms with Gasteiger partial charge in [-0.15, -0.1) is 0 Å². The van der Waals surface area contributed by atoms with E-state index >= 15 is 0 Å². The first-order valence-corrected chi connectivity index (χ1v) is 9.18. The van der Waals surface area contributed by atoms with Gasteiger partial charge in [-0.1, -0.05) is 15.9 Å². The molecular weight excluding hydrogens is 375 g/mol. The molecule has 1 N–H and O–H groups in total. The van der Waals surface area contributed by atoms with Crippen molar-refractivity contribution in [1.29, 1.82) is 0 Å². The predicted octanol–water partition coefficient (Wildman–Crippen LogP) is 2.07. The van der Waals surface area contributed by atoms with Gasteiger partial charge < -0.3 is 15.0 Å². The van der Waals surface area contributed by atoms with Gasteiger partial charge >= 0.3 is 0 Å². The van der Waals surface area contributed by atoms with Crippen LogP contribution in [-0.2, 0) is 11.3 Å². The number of halogens is 2. The Bertz CT molecular complexity index is 592. The van der Waals surface area contributed by atoms with Crippen molar-refractivity contribution in [1.82, 2.24) is 15.1 Å². The molecule has 2 fully saturated rings. The fraction of sp³-hybridized carbons (Fsp3) is 0.588. The summed E-state index contributed by atoms with van der Waals surface area (Å²) in [7, 11) is 1.78. The lowest BCUT2D eigenvalue weighted by Crippen LogP contribution is -2.46. The maximum absolute atomic E-state index is 13.9. The average molecular weight is 399 g/mol. The highest BCUT2D eigenvalue weighted by Crippen LogP contribution is 2.18. The standard InChI is InChI=1S/C17H24BrFN4O/c1-20-17(21-11-13-10-14(18)2-3-16(13)19)23-5-4-15(12-23)22-6-8-24-9-7-22/h2-3,10,15H,4-9,11-12H2,1H3,(H,20,21). The maximum Gasteiger partial charge on any atom is 0.193 e. The molecule has 2 aliphatic rings. The van der Waals surface area contributed by atoms with E-state index in [9.17, 15) is 4.39 Å². The number of benzene rings is 1. The van der Waals surface area contributed by atoms with Gasteiger partial charge in [0.2, 0.25) is 0 Å². The van der Waals surface area contributed by atoms with Gasteiger partial charge in [0, 0.05) is 55.8 Å². The molecule has 3 rings (SSSR count). The van der Waals surface area contributed by atoms with Crippen LogP contribution in [0, 0.1) is 5.82 Å². The molecule has 0 bridgehead atoms. The summed E-state index contributed by atoms with van der Waals surface area (Å²) in [5.41, 5.74) is 0.634. The van der Waals surface area contributed by atoms with Crippen molar-refractivity contribution < 1.29 is 9.13 Å². The third-order valence-corrected chi connectivity index (χ3v) is 5.17. The van der Waals surface area contributed by atoms with E-state index < -0.39 is 0 Å². The molecule has 0 amide bonds. The van der Waals surface area contributed by atoms with Crippen LogP contribution in [0.15, 0.2) is 27.7 Å². The molecule has 2 heterocycles. The predicted molar refractivity (Wildman–Crippen MR) is 96.7 cm³/mol. The molecule has 0 spiro atoms. The lowest BCUT2D eigenvalue weighted by Gasteiger charge is -2.32. The molecule has 0 radical (unpaired) electrons. The summed E-state index contributed by atoms with van der Waals surface area (Å²) in [6.45, 7) is 6.03. The summed E-state index contributed by atoms with van der Waals surface area (Å²) >= 11 is 3.39. The van der Waals surface area contributed by atoms with E-state index in [2.05, 4.69) is 36.0 Å². The minimum Gasteiger partial charge on any atom is -0.379 e. The highest BCUT2D eigenvalue weighted by molar-refractivity contribution is 9.10. The van der Waals surface area contributed by atoms with E-state index in [1.807, 2.05) is 0 Å². The number of guanidine groups is 1. The Hall–Kier alpha value is -1.18. The molecule has 0 aliphatic carbocycles. The summed E-state index contributed by atoms with van der Waals surface area (Å²) in [5, 5.41) is 3.29. The summed E-state index contributed by atoms with van der Waals surface area (Å²) in [6, 6.07) is 5.54. The van der Waals surface area contributed by atoms with Gasteiger partial charge in [0.25, 0.3) is 0 Å². The Morgan fingerprint density at radius 3 is 2.92 bits per heavy atom. The lowest BCUT2D eigenvalue weighted by molar-refractivity contribution is 0.0195. The maximum atomic E-state index is 13.9. The molecule has 1 aromatic carbocycles. The summed E-state index contributed by atoms with van der Waals surface area (Å²) in [5.74, 6) is 0.638. The quantitative estimate of drug-likeness (QED) is 0.624. The minimum atomic E-state index is -0.200. The number of ether oxygens (including phenoxy) is 1. The van der Waals surface area contributed by atoms with Crippen LogP contribution >= 0.6 is 15.9 Å². The number of hydrogen-bond donors (Lipinski definition) is 1. The smallest absolute Gasteiger partial charge is 0.193 e. The first kappa shape index (κ1) is 17.6. The van der Waals surface area contributed by atoms with E-state index in [-0.39, 0.29) is 5.82 Å². The second kappa shape index (κ2) is 8.27. The molecular formula is C17H24BrFN4O. The molecule has 1 aromatic rings. The molecule has 7 heteroatoms. The fourth-order valence-electron chi connectivity index (χ4n) is 3.36. The van der Waals surface area contributed by atoms with Crippen molar-refractivity contribution in [2.45, 2.75) is 19.0 Å². The van der Waals surface area contributed by atoms with Crippen molar-refractivity contribution in [3.05, 3.63) is 34.1 Å². The van der Waals surface area contributed by atoms with Gasteiger partial charge in [0.05, 0.1) is 13.2 Å². The average Bonchev–Trinajstić information content (AvgIpc) is 3.09. The van der Waals surface area contributed by atoms with E-state index in [4.69, 9.17) is 4.74 Å². The van der Waals surface area contributed by atoms with Crippen LogP contribution in [0.4, 0.5) is 4.39 Å². The van der Waals surface area contributed by atoms with Crippen LogP contribution in [0.1, 0.15) is 12.0 Å². The number of hydrogen-bond acceptors (Lipinski definition) is 3. The van der Waals surface area contributed by atoms with Crippen molar-refractivity contribution in [3.63, 3.8) is 0 Å². The Morgan fingerprint density at radius 1 is 1.38 bits per heavy atom. The lowest BCUT2D eigenvalue weighted by atomic mass is 10.2. The number of nitrogens with zero attached hydrogens (tertiary/aromatic N) is 3. The third-order valence-electron chi connectivity index (χ3n) is 4.68. The third kappa shape index (κ3) is 4.26. The second-order valence-corrected chi connectivity index (χ2v) is 7.09. The summed E-state index contributed by atoms with van der Waals surface area (Å²) in [6.07, 6.45) is 1.13. The molecule has 132 valence electrons. The molecule has 24 heavy (non-hydrogen) atoms. The van der Waals surface area contributed by atoms with Crippen LogP contribution in [0.25, 0.3) is 0 Å². The SMILES string of the molecule is CN=C(NCc1cc(Br)ccc1F)N1CCC(N2CCOCC2)C1. The zero-order valence-electron chi connectivity index (χ0n) is 14.0. The number of nitrogens with one attached hydrogen (secondary N) is 1. The van der Waals surface area contributed by atoms with Crippen LogP contribution in [0.5, 0.6) is 0 Å². The van der Waals surface area contributed by atoms with Gasteiger partial charge in [0.15, 0.2) is 5.96 Å². The van der Waals surface area contributed by atoms with Crippen molar-refractivity contribution in [2.75, 3.05) is 46.4 Å². The largest absolute Gasteiger partial charge is 0.379 e. The van der Waals surface area contributed by atoms with Gasteiger partial charge in [-0.3, -0.25) is 9.89 Å². The molecule has 0 aromatic heterocycles. The Balaban J connectivity index is 1.56. The first-order chi connectivity index (χ1) is 11.7. The van der Waals surface area contributed by atoms with E-state index in [0.29, 0.717) is 18.2 Å². The van der Waals surface area contributed by atoms with E-state index in [0.717, 1.165) is 56.2 Å². The fourth-order valence-corrected chi connectivity index (χ4v) is 3.77. The Morgan fingerprint density at radius 2 is 2.17 bits per heavy atom. The van der Waals surface area contributed by atoms with Gasteiger partial charge in [-0.25, -0.2) is 4.39 Å². The number of morpholine rings is 1. The molecule has 2 aliphatic heterocycles. The van der Waals surface area contributed by atoms with Crippen LogP contribution in [-0.4, -0.2) is 68.2 Å². The van der Waals surface area contributed by atoms with Gasteiger partial charge in [-0.05, 0) is 24.6 Å². The van der Waals surface area contributed by atoms with Crippen molar-refractivity contribution in [2.24, 2.45) is 4.99 Å². The summed E-state index contributed by atoms with van der Waals surface area (Å²) in [4.78, 5) is 9.14. The highest BCUT2D eigenvalue weighted by Gasteiger charge is 2.30. The number of rotatable bonds is 3. The number of likely N-dealkylation sites (tertiary alicyclic amines) is 1. The van der Waals surface area contributed by atoms with Crippen molar-refractivity contribution >= 4 is 21.9 Å².